The highest BCUT2D eigenvalue weighted by atomic mass is 35.5. The summed E-state index contributed by atoms with van der Waals surface area (Å²) in [6.45, 7) is 4.98. The van der Waals surface area contributed by atoms with Crippen LogP contribution in [0.4, 0.5) is 15.9 Å². The van der Waals surface area contributed by atoms with Gasteiger partial charge in [-0.25, -0.2) is 14.4 Å². The van der Waals surface area contributed by atoms with Crippen molar-refractivity contribution in [2.45, 2.75) is 19.4 Å². The lowest BCUT2D eigenvalue weighted by atomic mass is 10.1. The number of hydrogen-bond acceptors (Lipinski definition) is 6. The van der Waals surface area contributed by atoms with E-state index in [2.05, 4.69) is 25.5 Å². The predicted molar refractivity (Wildman–Crippen MR) is 118 cm³/mol. The van der Waals surface area contributed by atoms with Crippen LogP contribution < -0.4 is 15.4 Å². The van der Waals surface area contributed by atoms with E-state index in [1.54, 1.807) is 19.2 Å². The first-order valence-electron chi connectivity index (χ1n) is 10.1. The number of halogens is 2. The zero-order valence-electron chi connectivity index (χ0n) is 16.9. The van der Waals surface area contributed by atoms with Crippen LogP contribution in [0.2, 0.25) is 5.02 Å². The lowest BCUT2D eigenvalue weighted by molar-refractivity contribution is 0.335. The quantitative estimate of drug-likeness (QED) is 0.519. The van der Waals surface area contributed by atoms with E-state index in [-0.39, 0.29) is 10.7 Å². The number of ether oxygens (including phenoxy) is 1. The van der Waals surface area contributed by atoms with E-state index >= 15 is 0 Å². The van der Waals surface area contributed by atoms with Gasteiger partial charge in [-0.3, -0.25) is 0 Å². The van der Waals surface area contributed by atoms with Gasteiger partial charge in [0.15, 0.2) is 5.82 Å². The summed E-state index contributed by atoms with van der Waals surface area (Å²) in [6.07, 6.45) is 4.03. The number of nitrogens with one attached hydrogen (secondary N) is 2. The van der Waals surface area contributed by atoms with E-state index in [0.29, 0.717) is 17.9 Å². The molecule has 1 aliphatic rings. The number of likely N-dealkylation sites (tertiary alicyclic amines) is 1. The largest absolute Gasteiger partial charge is 0.496 e. The normalized spacial score (nSPS) is 14.4. The minimum atomic E-state index is -0.511. The summed E-state index contributed by atoms with van der Waals surface area (Å²) in [5.41, 5.74) is 1.98. The molecule has 0 saturated carbocycles. The molecule has 0 aliphatic carbocycles. The fourth-order valence-corrected chi connectivity index (χ4v) is 3.93. The number of anilines is 2. The van der Waals surface area contributed by atoms with Crippen LogP contribution in [0.3, 0.4) is 0 Å². The molecule has 1 saturated heterocycles. The molecule has 0 radical (unpaired) electrons. The second kappa shape index (κ2) is 9.55. The van der Waals surface area contributed by atoms with Crippen molar-refractivity contribution in [1.29, 1.82) is 0 Å². The summed E-state index contributed by atoms with van der Waals surface area (Å²) in [5.74, 6) is 0.764. The molecule has 3 aromatic rings. The van der Waals surface area contributed by atoms with E-state index in [0.717, 1.165) is 29.8 Å². The molecule has 158 valence electrons. The minimum absolute atomic E-state index is 0.0583. The standard InChI is InChI=1S/C22H25ClFN5O/c1-30-20-12-19-16(11-15(20)13-25-7-10-29-8-2-3-9-29)22(27-14-26-19)28-18-6-4-5-17(23)21(18)24/h4-6,11-12,14,25H,2-3,7-10,13H2,1H3,(H,26,27,28). The minimum Gasteiger partial charge on any atom is -0.496 e. The smallest absolute Gasteiger partial charge is 0.165 e. The van der Waals surface area contributed by atoms with Crippen molar-refractivity contribution in [1.82, 2.24) is 20.2 Å². The SMILES string of the molecule is COc1cc2ncnc(Nc3cccc(Cl)c3F)c2cc1CNCCN1CCCC1. The van der Waals surface area contributed by atoms with Crippen LogP contribution in [0.25, 0.3) is 10.9 Å². The van der Waals surface area contributed by atoms with E-state index in [9.17, 15) is 4.39 Å². The molecule has 0 unspecified atom stereocenters. The lowest BCUT2D eigenvalue weighted by Gasteiger charge is -2.16. The highest BCUT2D eigenvalue weighted by Gasteiger charge is 2.14. The molecule has 0 spiro atoms. The number of rotatable bonds is 8. The average molecular weight is 430 g/mol. The summed E-state index contributed by atoms with van der Waals surface area (Å²) in [7, 11) is 1.65. The molecule has 0 bridgehead atoms. The zero-order chi connectivity index (χ0) is 20.9. The van der Waals surface area contributed by atoms with Gasteiger partial charge < -0.3 is 20.3 Å². The molecule has 0 atom stereocenters. The number of methoxy groups -OCH3 is 1. The zero-order valence-corrected chi connectivity index (χ0v) is 17.7. The first kappa shape index (κ1) is 20.8. The van der Waals surface area contributed by atoms with Crippen molar-refractivity contribution in [3.8, 4) is 5.75 Å². The number of aromatic nitrogens is 2. The van der Waals surface area contributed by atoms with Gasteiger partial charge in [0.25, 0.3) is 0 Å². The van der Waals surface area contributed by atoms with Crippen molar-refractivity contribution in [3.05, 3.63) is 53.1 Å². The van der Waals surface area contributed by atoms with E-state index in [1.807, 2.05) is 12.1 Å². The van der Waals surface area contributed by atoms with Crippen molar-refractivity contribution < 1.29 is 9.13 Å². The van der Waals surface area contributed by atoms with Crippen LogP contribution >= 0.6 is 11.6 Å². The molecule has 2 heterocycles. The molecule has 30 heavy (non-hydrogen) atoms. The van der Waals surface area contributed by atoms with Gasteiger partial charge in [0.2, 0.25) is 0 Å². The van der Waals surface area contributed by atoms with E-state index in [1.165, 1.54) is 38.3 Å². The van der Waals surface area contributed by atoms with Crippen LogP contribution in [0, 0.1) is 5.82 Å². The molecule has 2 N–H and O–H groups in total. The summed E-state index contributed by atoms with van der Waals surface area (Å²) >= 11 is 5.91. The fraction of sp³-hybridized carbons (Fsp3) is 0.364. The first-order chi connectivity index (χ1) is 14.7. The highest BCUT2D eigenvalue weighted by molar-refractivity contribution is 6.31. The van der Waals surface area contributed by atoms with Gasteiger partial charge in [0.05, 0.1) is 23.3 Å². The van der Waals surface area contributed by atoms with Crippen LogP contribution in [-0.4, -0.2) is 48.2 Å². The van der Waals surface area contributed by atoms with Gasteiger partial charge in [-0.1, -0.05) is 17.7 Å². The summed E-state index contributed by atoms with van der Waals surface area (Å²) in [5, 5.41) is 7.38. The summed E-state index contributed by atoms with van der Waals surface area (Å²) in [6, 6.07) is 8.70. The van der Waals surface area contributed by atoms with Crippen LogP contribution in [0.1, 0.15) is 18.4 Å². The molecule has 1 aliphatic heterocycles. The number of fused-ring (bicyclic) bond motifs is 1. The molecular formula is C22H25ClFN5O. The Bertz CT molecular complexity index is 1030. The second-order valence-electron chi connectivity index (χ2n) is 7.36. The molecule has 1 fully saturated rings. The van der Waals surface area contributed by atoms with Gasteiger partial charge in [-0.15, -0.1) is 0 Å². The Morgan fingerprint density at radius 3 is 2.83 bits per heavy atom. The monoisotopic (exact) mass is 429 g/mol. The van der Waals surface area contributed by atoms with Gasteiger partial charge in [0.1, 0.15) is 17.9 Å². The van der Waals surface area contributed by atoms with Crippen molar-refractivity contribution in [3.63, 3.8) is 0 Å². The molecule has 1 aromatic heterocycles. The number of nitrogens with zero attached hydrogens (tertiary/aromatic N) is 3. The molecule has 6 nitrogen and oxygen atoms in total. The van der Waals surface area contributed by atoms with Crippen molar-refractivity contribution in [2.24, 2.45) is 0 Å². The van der Waals surface area contributed by atoms with Gasteiger partial charge in [0, 0.05) is 36.7 Å². The van der Waals surface area contributed by atoms with Crippen molar-refractivity contribution >= 4 is 34.0 Å². The maximum Gasteiger partial charge on any atom is 0.165 e. The Morgan fingerprint density at radius 2 is 2.03 bits per heavy atom. The Kier molecular flexibility index (Phi) is 6.62. The Balaban J connectivity index is 1.56. The highest BCUT2D eigenvalue weighted by Crippen LogP contribution is 2.31. The maximum absolute atomic E-state index is 14.3. The van der Waals surface area contributed by atoms with Crippen LogP contribution in [0.5, 0.6) is 5.75 Å². The average Bonchev–Trinajstić information content (AvgIpc) is 3.28. The van der Waals surface area contributed by atoms with E-state index in [4.69, 9.17) is 16.3 Å². The topological polar surface area (TPSA) is 62.3 Å². The van der Waals surface area contributed by atoms with Crippen LogP contribution in [0.15, 0.2) is 36.7 Å². The molecule has 4 rings (SSSR count). The second-order valence-corrected chi connectivity index (χ2v) is 7.76. The Labute approximate surface area is 180 Å². The third-order valence-corrected chi connectivity index (χ3v) is 5.65. The summed E-state index contributed by atoms with van der Waals surface area (Å²) < 4.78 is 19.9. The molecular weight excluding hydrogens is 405 g/mol. The number of hydrogen-bond donors (Lipinski definition) is 2. The maximum atomic E-state index is 14.3. The molecule has 8 heteroatoms. The van der Waals surface area contributed by atoms with Crippen molar-refractivity contribution in [2.75, 3.05) is 38.6 Å². The fourth-order valence-electron chi connectivity index (χ4n) is 3.75. The van der Waals surface area contributed by atoms with E-state index < -0.39 is 5.82 Å². The lowest BCUT2D eigenvalue weighted by Crippen LogP contribution is -2.29. The van der Waals surface area contributed by atoms with Gasteiger partial charge in [-0.2, -0.15) is 0 Å². The predicted octanol–water partition coefficient (Wildman–Crippen LogP) is 4.36. The first-order valence-corrected chi connectivity index (χ1v) is 10.5. The Hall–Kier alpha value is -2.48. The van der Waals surface area contributed by atoms with Gasteiger partial charge in [-0.05, 0) is 44.1 Å². The molecule has 2 aromatic carbocycles. The third-order valence-electron chi connectivity index (χ3n) is 5.36. The Morgan fingerprint density at radius 1 is 1.20 bits per heavy atom. The van der Waals surface area contributed by atoms with Crippen LogP contribution in [-0.2, 0) is 6.54 Å². The summed E-state index contributed by atoms with van der Waals surface area (Å²) in [4.78, 5) is 11.1. The molecule has 0 amide bonds. The number of benzene rings is 2. The third kappa shape index (κ3) is 4.64. The van der Waals surface area contributed by atoms with Gasteiger partial charge >= 0.3 is 0 Å².